The summed E-state index contributed by atoms with van der Waals surface area (Å²) in [7, 11) is 0. The molecule has 0 aliphatic rings. The summed E-state index contributed by atoms with van der Waals surface area (Å²) in [5.41, 5.74) is 5.50. The molecule has 0 aliphatic heterocycles. The molecule has 0 heterocycles. The van der Waals surface area contributed by atoms with Crippen LogP contribution in [0.25, 0.3) is 0 Å². The molecule has 0 rings (SSSR count). The molecule has 0 aliphatic carbocycles. The fourth-order valence-electron chi connectivity index (χ4n) is 1.98. The van der Waals surface area contributed by atoms with E-state index in [1.807, 2.05) is 13.8 Å². The first-order valence-electron chi connectivity index (χ1n) is 7.25. The van der Waals surface area contributed by atoms with Crippen molar-refractivity contribution in [3.63, 3.8) is 0 Å². The van der Waals surface area contributed by atoms with Crippen molar-refractivity contribution in [3.05, 3.63) is 0 Å². The summed E-state index contributed by atoms with van der Waals surface area (Å²) >= 11 is 0. The second kappa shape index (κ2) is 12.0. The predicted molar refractivity (Wildman–Crippen MR) is 84.9 cm³/mol. The highest BCUT2D eigenvalue weighted by atomic mass is 35.5. The third-order valence-electron chi connectivity index (χ3n) is 3.60. The largest absolute Gasteiger partial charge is 0.356 e. The molecule has 120 valence electrons. The molecule has 0 saturated heterocycles. The monoisotopic (exact) mass is 307 g/mol. The number of hydrogen-bond acceptors (Lipinski definition) is 3. The average Bonchev–Trinajstić information content (AvgIpc) is 2.40. The molecule has 0 spiro atoms. The third kappa shape index (κ3) is 9.15. The van der Waals surface area contributed by atoms with Gasteiger partial charge in [0, 0.05) is 26.4 Å². The van der Waals surface area contributed by atoms with Gasteiger partial charge in [-0.2, -0.15) is 0 Å². The normalized spacial score (nSPS) is 10.6. The van der Waals surface area contributed by atoms with E-state index >= 15 is 0 Å². The Kier molecular flexibility index (Phi) is 12.9. The van der Waals surface area contributed by atoms with Crippen LogP contribution >= 0.6 is 12.4 Å². The maximum atomic E-state index is 11.8. The molecule has 20 heavy (non-hydrogen) atoms. The Morgan fingerprint density at radius 3 is 2.15 bits per heavy atom. The van der Waals surface area contributed by atoms with E-state index in [0.717, 1.165) is 32.1 Å². The van der Waals surface area contributed by atoms with Crippen LogP contribution in [0.5, 0.6) is 0 Å². The standard InChI is InChI=1S/C14H29N3O2.ClH/c1-4-14(5-2,11-15)17-13(19)9-7-6-8-10-16-12(3)18;/h4-11,15H2,1-3H3,(H,16,18)(H,17,19);1H. The molecule has 0 fully saturated rings. The van der Waals surface area contributed by atoms with Crippen molar-refractivity contribution in [2.24, 2.45) is 5.73 Å². The number of carbonyl (C=O) groups is 2. The maximum Gasteiger partial charge on any atom is 0.220 e. The van der Waals surface area contributed by atoms with Crippen molar-refractivity contribution in [1.82, 2.24) is 10.6 Å². The lowest BCUT2D eigenvalue weighted by molar-refractivity contribution is -0.123. The molecule has 2 amide bonds. The first-order valence-corrected chi connectivity index (χ1v) is 7.25. The van der Waals surface area contributed by atoms with E-state index in [1.165, 1.54) is 6.92 Å². The molecular weight excluding hydrogens is 278 g/mol. The lowest BCUT2D eigenvalue weighted by Crippen LogP contribution is -2.52. The Morgan fingerprint density at radius 1 is 1.10 bits per heavy atom. The van der Waals surface area contributed by atoms with Gasteiger partial charge in [-0.1, -0.05) is 20.3 Å². The van der Waals surface area contributed by atoms with Gasteiger partial charge in [-0.3, -0.25) is 9.59 Å². The van der Waals surface area contributed by atoms with Crippen molar-refractivity contribution in [2.75, 3.05) is 13.1 Å². The summed E-state index contributed by atoms with van der Waals surface area (Å²) in [5, 5.41) is 5.80. The fraction of sp³-hybridized carbons (Fsp3) is 0.857. The molecule has 0 saturated carbocycles. The number of rotatable bonds is 10. The topological polar surface area (TPSA) is 84.2 Å². The SMILES string of the molecule is CCC(CC)(CN)NC(=O)CCCCCNC(C)=O.Cl. The smallest absolute Gasteiger partial charge is 0.220 e. The van der Waals surface area contributed by atoms with Crippen molar-refractivity contribution in [3.8, 4) is 0 Å². The van der Waals surface area contributed by atoms with Gasteiger partial charge in [-0.05, 0) is 25.7 Å². The van der Waals surface area contributed by atoms with Gasteiger partial charge in [-0.15, -0.1) is 12.4 Å². The zero-order valence-corrected chi connectivity index (χ0v) is 13.8. The van der Waals surface area contributed by atoms with Crippen LogP contribution in [0.15, 0.2) is 0 Å². The number of halogens is 1. The number of nitrogens with one attached hydrogen (secondary N) is 2. The van der Waals surface area contributed by atoms with Crippen LogP contribution in [0.4, 0.5) is 0 Å². The molecule has 6 heteroatoms. The summed E-state index contributed by atoms with van der Waals surface area (Å²) in [6.07, 6.45) is 4.95. The highest BCUT2D eigenvalue weighted by Gasteiger charge is 2.25. The number of hydrogen-bond donors (Lipinski definition) is 3. The third-order valence-corrected chi connectivity index (χ3v) is 3.60. The zero-order valence-electron chi connectivity index (χ0n) is 13.0. The molecule has 0 aromatic carbocycles. The van der Waals surface area contributed by atoms with Gasteiger partial charge in [-0.25, -0.2) is 0 Å². The Bertz CT molecular complexity index is 273. The van der Waals surface area contributed by atoms with Gasteiger partial charge in [0.2, 0.25) is 11.8 Å². The highest BCUT2D eigenvalue weighted by molar-refractivity contribution is 5.85. The average molecular weight is 308 g/mol. The van der Waals surface area contributed by atoms with E-state index in [1.54, 1.807) is 0 Å². The Labute approximate surface area is 128 Å². The number of nitrogens with two attached hydrogens (primary N) is 1. The fourth-order valence-corrected chi connectivity index (χ4v) is 1.98. The van der Waals surface area contributed by atoms with Crippen LogP contribution < -0.4 is 16.4 Å². The van der Waals surface area contributed by atoms with Crippen LogP contribution in [0.2, 0.25) is 0 Å². The van der Waals surface area contributed by atoms with Crippen LogP contribution in [0.1, 0.15) is 59.3 Å². The van der Waals surface area contributed by atoms with Crippen LogP contribution in [0.3, 0.4) is 0 Å². The summed E-state index contributed by atoms with van der Waals surface area (Å²) in [6, 6.07) is 0. The van der Waals surface area contributed by atoms with Crippen molar-refractivity contribution in [1.29, 1.82) is 0 Å². The van der Waals surface area contributed by atoms with E-state index in [0.29, 0.717) is 19.5 Å². The summed E-state index contributed by atoms with van der Waals surface area (Å²) < 4.78 is 0. The van der Waals surface area contributed by atoms with Crippen molar-refractivity contribution >= 4 is 24.2 Å². The van der Waals surface area contributed by atoms with Crippen LogP contribution in [0, 0.1) is 0 Å². The maximum absolute atomic E-state index is 11.8. The highest BCUT2D eigenvalue weighted by Crippen LogP contribution is 2.13. The van der Waals surface area contributed by atoms with Crippen LogP contribution in [-0.2, 0) is 9.59 Å². The number of unbranched alkanes of at least 4 members (excludes halogenated alkanes) is 2. The zero-order chi connectivity index (χ0) is 14.7. The van der Waals surface area contributed by atoms with E-state index in [4.69, 9.17) is 5.73 Å². The van der Waals surface area contributed by atoms with Gasteiger partial charge >= 0.3 is 0 Å². The minimum Gasteiger partial charge on any atom is -0.356 e. The minimum atomic E-state index is -0.243. The van der Waals surface area contributed by atoms with Gasteiger partial charge in [0.1, 0.15) is 0 Å². The van der Waals surface area contributed by atoms with Gasteiger partial charge in [0.15, 0.2) is 0 Å². The lowest BCUT2D eigenvalue weighted by Gasteiger charge is -2.31. The molecule has 0 aromatic heterocycles. The van der Waals surface area contributed by atoms with E-state index in [9.17, 15) is 9.59 Å². The predicted octanol–water partition coefficient (Wildman–Crippen LogP) is 1.74. The summed E-state index contributed by atoms with van der Waals surface area (Å²) in [5.74, 6) is 0.0741. The Hall–Kier alpha value is -0.810. The molecule has 5 nitrogen and oxygen atoms in total. The Balaban J connectivity index is 0. The van der Waals surface area contributed by atoms with E-state index in [2.05, 4.69) is 10.6 Å². The molecule has 0 aromatic rings. The van der Waals surface area contributed by atoms with Crippen molar-refractivity contribution < 1.29 is 9.59 Å². The quantitative estimate of drug-likeness (QED) is 0.537. The van der Waals surface area contributed by atoms with Crippen LogP contribution in [-0.4, -0.2) is 30.4 Å². The summed E-state index contributed by atoms with van der Waals surface area (Å²) in [6.45, 7) is 6.77. The molecule has 4 N–H and O–H groups in total. The lowest BCUT2D eigenvalue weighted by atomic mass is 9.92. The molecule has 0 radical (unpaired) electrons. The molecule has 0 atom stereocenters. The first kappa shape index (κ1) is 21.5. The van der Waals surface area contributed by atoms with Gasteiger partial charge in [0.25, 0.3) is 0 Å². The molecule has 0 unspecified atom stereocenters. The number of amides is 2. The Morgan fingerprint density at radius 2 is 1.70 bits per heavy atom. The van der Waals surface area contributed by atoms with E-state index < -0.39 is 0 Å². The molecular formula is C14H30ClN3O2. The number of carbonyl (C=O) groups excluding carboxylic acids is 2. The van der Waals surface area contributed by atoms with Gasteiger partial charge in [0.05, 0.1) is 5.54 Å². The summed E-state index contributed by atoms with van der Waals surface area (Å²) in [4.78, 5) is 22.5. The van der Waals surface area contributed by atoms with E-state index in [-0.39, 0.29) is 29.8 Å². The minimum absolute atomic E-state index is 0. The first-order chi connectivity index (χ1) is 8.99. The molecule has 0 bridgehead atoms. The van der Waals surface area contributed by atoms with Gasteiger partial charge < -0.3 is 16.4 Å². The second-order valence-corrected chi connectivity index (χ2v) is 5.03. The van der Waals surface area contributed by atoms with Crippen molar-refractivity contribution in [2.45, 2.75) is 64.8 Å². The second-order valence-electron chi connectivity index (χ2n) is 5.03.